The van der Waals surface area contributed by atoms with E-state index in [9.17, 15) is 0 Å². The molecule has 0 aromatic carbocycles. The van der Waals surface area contributed by atoms with Gasteiger partial charge in [0.25, 0.3) is 0 Å². The van der Waals surface area contributed by atoms with Gasteiger partial charge in [0.1, 0.15) is 0 Å². The molecule has 1 atom stereocenters. The van der Waals surface area contributed by atoms with Crippen LogP contribution in [0.25, 0.3) is 0 Å². The topological polar surface area (TPSA) is 38.0 Å². The molecule has 2 nitrogen and oxygen atoms in total. The molecule has 0 aromatic heterocycles. The van der Waals surface area contributed by atoms with Crippen molar-refractivity contribution in [2.45, 2.75) is 18.9 Å². The molecule has 0 radical (unpaired) electrons. The Morgan fingerprint density at radius 3 is 3.00 bits per heavy atom. The summed E-state index contributed by atoms with van der Waals surface area (Å²) in [6, 6.07) is 0.639. The fourth-order valence-corrected chi connectivity index (χ4v) is 1.08. The third kappa shape index (κ3) is 2.16. The number of rotatable bonds is 2. The fourth-order valence-electron chi connectivity index (χ4n) is 1.08. The van der Waals surface area contributed by atoms with Crippen molar-refractivity contribution in [3.8, 4) is 0 Å². The highest BCUT2D eigenvalue weighted by molar-refractivity contribution is 4.93. The standard InChI is InChI=1S/C7H14N2/c8-5-4-7-3-1-2-6-9-7/h1-2,7,9H,3-6,8H2. The van der Waals surface area contributed by atoms with E-state index in [1.807, 2.05) is 0 Å². The van der Waals surface area contributed by atoms with Crippen molar-refractivity contribution in [2.24, 2.45) is 5.73 Å². The van der Waals surface area contributed by atoms with Crippen LogP contribution in [0.3, 0.4) is 0 Å². The van der Waals surface area contributed by atoms with Crippen molar-refractivity contribution in [3.05, 3.63) is 12.2 Å². The van der Waals surface area contributed by atoms with Crippen LogP contribution in [0.5, 0.6) is 0 Å². The maximum absolute atomic E-state index is 5.40. The molecule has 1 aliphatic heterocycles. The summed E-state index contributed by atoms with van der Waals surface area (Å²) in [6.07, 6.45) is 6.63. The minimum Gasteiger partial charge on any atom is -0.330 e. The third-order valence-electron chi connectivity index (χ3n) is 1.63. The van der Waals surface area contributed by atoms with Gasteiger partial charge in [0.15, 0.2) is 0 Å². The highest BCUT2D eigenvalue weighted by atomic mass is 14.9. The second-order valence-electron chi connectivity index (χ2n) is 2.39. The Morgan fingerprint density at radius 1 is 1.56 bits per heavy atom. The Bertz CT molecular complexity index is 99.1. The molecule has 1 rings (SSSR count). The van der Waals surface area contributed by atoms with Crippen molar-refractivity contribution in [1.29, 1.82) is 0 Å². The third-order valence-corrected chi connectivity index (χ3v) is 1.63. The summed E-state index contributed by atoms with van der Waals surface area (Å²) >= 11 is 0. The molecule has 1 heterocycles. The first-order valence-electron chi connectivity index (χ1n) is 3.52. The normalized spacial score (nSPS) is 26.6. The lowest BCUT2D eigenvalue weighted by Gasteiger charge is -2.18. The summed E-state index contributed by atoms with van der Waals surface area (Å²) in [4.78, 5) is 0. The number of hydrogen-bond acceptors (Lipinski definition) is 2. The summed E-state index contributed by atoms with van der Waals surface area (Å²) in [6.45, 7) is 1.82. The predicted molar refractivity (Wildman–Crippen MR) is 39.2 cm³/mol. The van der Waals surface area contributed by atoms with Gasteiger partial charge in [-0.1, -0.05) is 12.2 Å². The van der Waals surface area contributed by atoms with E-state index in [0.717, 1.165) is 25.9 Å². The van der Waals surface area contributed by atoms with E-state index in [1.54, 1.807) is 0 Å². The molecule has 2 heteroatoms. The van der Waals surface area contributed by atoms with Gasteiger partial charge in [0, 0.05) is 12.6 Å². The summed E-state index contributed by atoms with van der Waals surface area (Å²) in [5, 5.41) is 3.35. The number of hydrogen-bond donors (Lipinski definition) is 2. The van der Waals surface area contributed by atoms with Gasteiger partial charge in [-0.25, -0.2) is 0 Å². The molecule has 0 saturated heterocycles. The molecule has 0 fully saturated rings. The van der Waals surface area contributed by atoms with E-state index >= 15 is 0 Å². The van der Waals surface area contributed by atoms with Crippen molar-refractivity contribution in [1.82, 2.24) is 5.32 Å². The van der Waals surface area contributed by atoms with Crippen LogP contribution in [0.1, 0.15) is 12.8 Å². The molecule has 0 spiro atoms. The molecule has 1 aliphatic rings. The number of nitrogens with two attached hydrogens (primary N) is 1. The quantitative estimate of drug-likeness (QED) is 0.521. The van der Waals surface area contributed by atoms with Gasteiger partial charge in [-0.15, -0.1) is 0 Å². The van der Waals surface area contributed by atoms with Crippen LogP contribution in [-0.2, 0) is 0 Å². The SMILES string of the molecule is NCCC1CC=CCN1. The van der Waals surface area contributed by atoms with Gasteiger partial charge in [-0.3, -0.25) is 0 Å². The molecule has 0 amide bonds. The summed E-state index contributed by atoms with van der Waals surface area (Å²) < 4.78 is 0. The van der Waals surface area contributed by atoms with E-state index in [-0.39, 0.29) is 0 Å². The lowest BCUT2D eigenvalue weighted by molar-refractivity contribution is 0.500. The zero-order chi connectivity index (χ0) is 6.53. The van der Waals surface area contributed by atoms with Crippen LogP contribution < -0.4 is 11.1 Å². The lowest BCUT2D eigenvalue weighted by Crippen LogP contribution is -2.33. The Balaban J connectivity index is 2.18. The average molecular weight is 126 g/mol. The largest absolute Gasteiger partial charge is 0.330 e. The minimum atomic E-state index is 0.639. The molecule has 3 N–H and O–H groups in total. The smallest absolute Gasteiger partial charge is 0.0137 e. The van der Waals surface area contributed by atoms with Gasteiger partial charge >= 0.3 is 0 Å². The summed E-state index contributed by atoms with van der Waals surface area (Å²) in [7, 11) is 0. The minimum absolute atomic E-state index is 0.639. The van der Waals surface area contributed by atoms with Gasteiger partial charge in [0.2, 0.25) is 0 Å². The summed E-state index contributed by atoms with van der Waals surface area (Å²) in [5.41, 5.74) is 5.40. The van der Waals surface area contributed by atoms with Crippen LogP contribution >= 0.6 is 0 Å². The summed E-state index contributed by atoms with van der Waals surface area (Å²) in [5.74, 6) is 0. The average Bonchev–Trinajstić information content (AvgIpc) is 1.91. The van der Waals surface area contributed by atoms with E-state index in [1.165, 1.54) is 0 Å². The first kappa shape index (κ1) is 6.78. The molecule has 9 heavy (non-hydrogen) atoms. The molecule has 0 aromatic rings. The second-order valence-corrected chi connectivity index (χ2v) is 2.39. The first-order valence-corrected chi connectivity index (χ1v) is 3.52. The first-order chi connectivity index (χ1) is 4.43. The van der Waals surface area contributed by atoms with Crippen LogP contribution in [0.4, 0.5) is 0 Å². The molecular weight excluding hydrogens is 112 g/mol. The van der Waals surface area contributed by atoms with E-state index in [0.29, 0.717) is 6.04 Å². The van der Waals surface area contributed by atoms with Crippen LogP contribution in [-0.4, -0.2) is 19.1 Å². The Kier molecular flexibility index (Phi) is 2.74. The predicted octanol–water partition coefficient (Wildman–Crippen LogP) is 0.253. The monoisotopic (exact) mass is 126 g/mol. The molecule has 52 valence electrons. The van der Waals surface area contributed by atoms with Crippen molar-refractivity contribution in [3.63, 3.8) is 0 Å². The Labute approximate surface area is 56.1 Å². The Hall–Kier alpha value is -0.340. The fraction of sp³-hybridized carbons (Fsp3) is 0.714. The second kappa shape index (κ2) is 3.64. The molecular formula is C7H14N2. The van der Waals surface area contributed by atoms with E-state index in [2.05, 4.69) is 17.5 Å². The molecule has 0 saturated carbocycles. The highest BCUT2D eigenvalue weighted by Gasteiger charge is 2.05. The van der Waals surface area contributed by atoms with Crippen LogP contribution in [0, 0.1) is 0 Å². The lowest BCUT2D eigenvalue weighted by atomic mass is 10.1. The highest BCUT2D eigenvalue weighted by Crippen LogP contribution is 2.01. The van der Waals surface area contributed by atoms with Gasteiger partial charge in [-0.2, -0.15) is 0 Å². The maximum atomic E-state index is 5.40. The zero-order valence-electron chi connectivity index (χ0n) is 5.64. The molecule has 0 aliphatic carbocycles. The maximum Gasteiger partial charge on any atom is 0.0137 e. The van der Waals surface area contributed by atoms with E-state index in [4.69, 9.17) is 5.73 Å². The van der Waals surface area contributed by atoms with Crippen molar-refractivity contribution >= 4 is 0 Å². The Morgan fingerprint density at radius 2 is 2.44 bits per heavy atom. The van der Waals surface area contributed by atoms with Crippen LogP contribution in [0.15, 0.2) is 12.2 Å². The van der Waals surface area contributed by atoms with Gasteiger partial charge in [-0.05, 0) is 19.4 Å². The number of nitrogens with one attached hydrogen (secondary N) is 1. The molecule has 1 unspecified atom stereocenters. The zero-order valence-corrected chi connectivity index (χ0v) is 5.64. The van der Waals surface area contributed by atoms with Crippen molar-refractivity contribution < 1.29 is 0 Å². The van der Waals surface area contributed by atoms with Crippen LogP contribution in [0.2, 0.25) is 0 Å². The van der Waals surface area contributed by atoms with Gasteiger partial charge in [0.05, 0.1) is 0 Å². The van der Waals surface area contributed by atoms with Gasteiger partial charge < -0.3 is 11.1 Å². The van der Waals surface area contributed by atoms with Crippen molar-refractivity contribution in [2.75, 3.05) is 13.1 Å². The van der Waals surface area contributed by atoms with E-state index < -0.39 is 0 Å². The molecule has 0 bridgehead atoms.